The summed E-state index contributed by atoms with van der Waals surface area (Å²) in [5.41, 5.74) is 12.7. The molecule has 0 spiro atoms. The molecule has 2 aromatic carbocycles. The van der Waals surface area contributed by atoms with E-state index in [0.29, 0.717) is 37.2 Å². The van der Waals surface area contributed by atoms with Gasteiger partial charge in [-0.2, -0.15) is 6.58 Å². The van der Waals surface area contributed by atoms with Crippen LogP contribution in [0.1, 0.15) is 198 Å². The monoisotopic (exact) mass is 914 g/mol. The molecule has 0 bridgehead atoms. The summed E-state index contributed by atoms with van der Waals surface area (Å²) in [7, 11) is 0.385. The van der Waals surface area contributed by atoms with Crippen molar-refractivity contribution in [1.82, 2.24) is 0 Å². The van der Waals surface area contributed by atoms with Crippen LogP contribution in [-0.2, 0) is 19.5 Å². The molecule has 321 valence electrons. The van der Waals surface area contributed by atoms with Crippen molar-refractivity contribution in [2.75, 3.05) is 22.9 Å². The van der Waals surface area contributed by atoms with Crippen molar-refractivity contribution in [3.05, 3.63) is 108 Å². The first kappa shape index (κ1) is 50.7. The Morgan fingerprint density at radius 3 is 1.16 bits per heavy atom. The number of allylic oxidation sites excluding steroid dienone is 2. The smallest absolute Gasteiger partial charge is 1.00 e. The molecule has 4 fully saturated rings. The Labute approximate surface area is 377 Å². The first-order valence-electron chi connectivity index (χ1n) is 22.9. The van der Waals surface area contributed by atoms with Gasteiger partial charge in [-0.05, 0) is 114 Å². The number of aliphatic hydroxyl groups excluding tert-OH is 1. The summed E-state index contributed by atoms with van der Waals surface area (Å²) >= 11 is 0. The van der Waals surface area contributed by atoms with Crippen LogP contribution in [0.25, 0.3) is 0 Å². The molecule has 58 heavy (non-hydrogen) atoms. The Bertz CT molecular complexity index is 1400. The Kier molecular flexibility index (Phi) is 22.1. The van der Waals surface area contributed by atoms with E-state index in [9.17, 15) is 0 Å². The molecule has 7 rings (SSSR count). The van der Waals surface area contributed by atoms with E-state index in [-0.39, 0.29) is 38.0 Å². The van der Waals surface area contributed by atoms with Crippen LogP contribution < -0.4 is 22.2 Å². The molecule has 5 aliphatic rings. The molecule has 1 saturated heterocycles. The second kappa shape index (κ2) is 25.3. The molecule has 0 atom stereocenters. The van der Waals surface area contributed by atoms with Crippen LogP contribution >= 0.6 is 7.92 Å². The molecule has 1 heterocycles. The molecular weight excluding hydrogens is 836 g/mol. The zero-order chi connectivity index (χ0) is 40.2. The predicted octanol–water partition coefficient (Wildman–Crippen LogP) is 12.5. The average molecular weight is 915 g/mol. The molecule has 3 nitrogen and oxygen atoms in total. The van der Waals surface area contributed by atoms with E-state index in [4.69, 9.17) is 11.7 Å². The van der Waals surface area contributed by atoms with Gasteiger partial charge in [0.1, 0.15) is 6.67 Å². The van der Waals surface area contributed by atoms with Crippen molar-refractivity contribution in [2.45, 2.75) is 192 Å². The maximum Gasteiger partial charge on any atom is 2.00 e. The van der Waals surface area contributed by atoms with Crippen LogP contribution in [0.15, 0.2) is 66.3 Å². The molecule has 0 unspecified atom stereocenters. The van der Waals surface area contributed by atoms with E-state index in [1.54, 1.807) is 101 Å². The molecule has 1 aliphatic heterocycles. The van der Waals surface area contributed by atoms with E-state index < -0.39 is 0 Å². The number of para-hydroxylation sites is 2. The molecular formula is C52H78ClN2OPRu+. The minimum atomic E-state index is 0. The van der Waals surface area contributed by atoms with Gasteiger partial charge < -0.3 is 27.3 Å². The normalized spacial score (nSPS) is 19.3. The second-order valence-corrected chi connectivity index (χ2v) is 21.7. The third kappa shape index (κ3) is 13.7. The maximum absolute atomic E-state index is 8.79. The van der Waals surface area contributed by atoms with Gasteiger partial charge in [0.2, 0.25) is 0 Å². The predicted molar refractivity (Wildman–Crippen MR) is 247 cm³/mol. The molecule has 3 saturated carbocycles. The van der Waals surface area contributed by atoms with Gasteiger partial charge in [-0.1, -0.05) is 170 Å². The van der Waals surface area contributed by atoms with Gasteiger partial charge in [0.05, 0.1) is 6.10 Å². The maximum atomic E-state index is 8.79. The number of nitrogens with zero attached hydrogens (tertiary/aromatic N) is 2. The summed E-state index contributed by atoms with van der Waals surface area (Å²) in [5.74, 6) is 2.06. The third-order valence-corrected chi connectivity index (χ3v) is 17.1. The number of benzene rings is 2. The molecule has 1 N–H and O–H groups in total. The summed E-state index contributed by atoms with van der Waals surface area (Å²) in [6.07, 6.45) is 30.5. The van der Waals surface area contributed by atoms with Crippen molar-refractivity contribution in [1.29, 1.82) is 0 Å². The summed E-state index contributed by atoms with van der Waals surface area (Å²) in [4.78, 5) is 5.01. The van der Waals surface area contributed by atoms with Crippen molar-refractivity contribution in [3.8, 4) is 0 Å². The molecule has 0 amide bonds. The number of hydrogen-bond acceptors (Lipinski definition) is 3. The van der Waals surface area contributed by atoms with Gasteiger partial charge >= 0.3 is 19.5 Å². The van der Waals surface area contributed by atoms with E-state index >= 15 is 0 Å². The first-order chi connectivity index (χ1) is 27.0. The topological polar surface area (TPSA) is 26.7 Å². The third-order valence-electron chi connectivity index (χ3n) is 13.0. The average Bonchev–Trinajstić information content (AvgIpc) is 3.70. The summed E-state index contributed by atoms with van der Waals surface area (Å²) in [6.45, 7) is 28.2. The van der Waals surface area contributed by atoms with Crippen molar-refractivity contribution >= 4 is 19.3 Å². The summed E-state index contributed by atoms with van der Waals surface area (Å²) in [5, 5.41) is 8.79. The Hall–Kier alpha value is -1.66. The first-order valence-corrected chi connectivity index (χ1v) is 24.5. The molecule has 0 aromatic heterocycles. The van der Waals surface area contributed by atoms with E-state index in [2.05, 4.69) is 108 Å². The van der Waals surface area contributed by atoms with E-state index in [1.165, 1.54) is 69.9 Å². The van der Waals surface area contributed by atoms with Gasteiger partial charge in [-0.15, -0.1) is 0 Å². The second-order valence-electron chi connectivity index (χ2n) is 18.6. The molecule has 2 aromatic rings. The zero-order valence-corrected chi connectivity index (χ0v) is 40.9. The standard InChI is InChI=1S/C27H39N2.C18H33P.C7H6O.ClH.Ru/c1-18(2)22-11-9-12-23(19(3)4)26(22)28-15-16-29(17-28)27-24(20(5)6)13-10-14-25(27)21(7)8;1-4-10-16(11-5-1)19(17-12-6-2-7-13-17)18-14-8-3-9-15-18;1-6-4-2-3-5-7(6)8;;/h9-14,17-21H,15-16H2,1-8H3;16-18H,1-15H2;1-5,8H;1H;/q;;;;+2/p-1. The van der Waals surface area contributed by atoms with Crippen LogP contribution in [0.5, 0.6) is 0 Å². The molecule has 1 radical (unpaired) electrons. The number of halogens is 1. The van der Waals surface area contributed by atoms with E-state index in [0.717, 1.165) is 13.1 Å². The van der Waals surface area contributed by atoms with Crippen LogP contribution in [0, 0.1) is 19.4 Å². The van der Waals surface area contributed by atoms with Crippen LogP contribution in [0.4, 0.5) is 11.4 Å². The number of hydrogen-bond donors (Lipinski definition) is 1. The number of anilines is 2. The van der Waals surface area contributed by atoms with Crippen molar-refractivity contribution in [3.63, 3.8) is 0 Å². The minimum Gasteiger partial charge on any atom is -1.00 e. The van der Waals surface area contributed by atoms with Gasteiger partial charge in [0, 0.05) is 30.0 Å². The summed E-state index contributed by atoms with van der Waals surface area (Å²) < 4.78 is 0. The Balaban J connectivity index is 0.000000265. The van der Waals surface area contributed by atoms with Gasteiger partial charge in [-0.3, -0.25) is 0 Å². The van der Waals surface area contributed by atoms with Gasteiger partial charge in [-0.25, -0.2) is 0 Å². The SMILES string of the molecule is C1CCC(P(C2CCCCC2)C2CCCCC2)CC1.CC(C)c1cccc(C(C)C)c1N1[CH]N(c2c(C(C)C)cccc2C(C)C)CC1.[CH+]=C1C=CC=C[C-]1O.[Cl-].[Ru+2]. The quantitative estimate of drug-likeness (QED) is 0.154. The fourth-order valence-corrected chi connectivity index (χ4v) is 14.7. The van der Waals surface area contributed by atoms with Crippen LogP contribution in [-0.4, -0.2) is 35.2 Å². The van der Waals surface area contributed by atoms with Crippen LogP contribution in [0.3, 0.4) is 0 Å². The van der Waals surface area contributed by atoms with E-state index in [1.807, 2.05) is 0 Å². The van der Waals surface area contributed by atoms with Gasteiger partial charge in [0.15, 0.2) is 0 Å². The Morgan fingerprint density at radius 2 is 0.897 bits per heavy atom. The largest absolute Gasteiger partial charge is 2.00 e. The van der Waals surface area contributed by atoms with Crippen LogP contribution in [0.2, 0.25) is 0 Å². The van der Waals surface area contributed by atoms with Gasteiger partial charge in [0.25, 0.3) is 0 Å². The van der Waals surface area contributed by atoms with Crippen molar-refractivity contribution < 1.29 is 37.0 Å². The number of rotatable bonds is 9. The fraction of sp³-hybridized carbons (Fsp3) is 0.615. The fourth-order valence-electron chi connectivity index (χ4n) is 10.0. The minimum absolute atomic E-state index is 0. The summed E-state index contributed by atoms with van der Waals surface area (Å²) in [6, 6.07) is 13.7. The number of aliphatic hydroxyl groups is 1. The molecule has 6 heteroatoms. The Morgan fingerprint density at radius 1 is 0.569 bits per heavy atom. The van der Waals surface area contributed by atoms with Crippen molar-refractivity contribution in [2.24, 2.45) is 0 Å². The molecule has 4 aliphatic carbocycles. The zero-order valence-electron chi connectivity index (χ0n) is 37.5.